The Morgan fingerprint density at radius 2 is 2.53 bits per heavy atom. The number of H-pyrrole nitrogens is 1. The summed E-state index contributed by atoms with van der Waals surface area (Å²) in [6.07, 6.45) is 4.56. The molecule has 0 bridgehead atoms. The second kappa shape index (κ2) is 4.29. The summed E-state index contributed by atoms with van der Waals surface area (Å²) in [7, 11) is 1.41. The molecule has 1 aromatic rings. The van der Waals surface area contributed by atoms with Gasteiger partial charge in [-0.15, -0.1) is 5.10 Å². The van der Waals surface area contributed by atoms with Gasteiger partial charge in [-0.2, -0.15) is 10.3 Å². The first-order valence-corrected chi connectivity index (χ1v) is 5.03. The van der Waals surface area contributed by atoms with Crippen molar-refractivity contribution in [3.63, 3.8) is 0 Å². The van der Waals surface area contributed by atoms with Crippen molar-refractivity contribution < 1.29 is 9.53 Å². The third kappa shape index (κ3) is 1.93. The van der Waals surface area contributed by atoms with E-state index in [1.165, 1.54) is 7.11 Å². The fourth-order valence-corrected chi connectivity index (χ4v) is 1.92. The van der Waals surface area contributed by atoms with Crippen molar-refractivity contribution in [3.05, 3.63) is 6.20 Å². The van der Waals surface area contributed by atoms with Crippen molar-refractivity contribution in [3.8, 4) is 0 Å². The summed E-state index contributed by atoms with van der Waals surface area (Å²) < 4.78 is 4.78. The Kier molecular flexibility index (Phi) is 2.84. The number of carbonyl (C=O) groups is 1. The number of esters is 1. The van der Waals surface area contributed by atoms with Crippen LogP contribution in [0, 0.1) is 0 Å². The average molecular weight is 210 g/mol. The van der Waals surface area contributed by atoms with Gasteiger partial charge in [-0.05, 0) is 19.3 Å². The first-order chi connectivity index (χ1) is 7.33. The van der Waals surface area contributed by atoms with E-state index in [-0.39, 0.29) is 12.0 Å². The lowest BCUT2D eigenvalue weighted by Crippen LogP contribution is -2.45. The summed E-state index contributed by atoms with van der Waals surface area (Å²) in [6, 6.07) is -0.214. The molecule has 1 aliphatic rings. The summed E-state index contributed by atoms with van der Waals surface area (Å²) >= 11 is 0. The Morgan fingerprint density at radius 1 is 1.67 bits per heavy atom. The molecule has 1 unspecified atom stereocenters. The van der Waals surface area contributed by atoms with Crippen molar-refractivity contribution in [1.82, 2.24) is 15.4 Å². The van der Waals surface area contributed by atoms with Gasteiger partial charge >= 0.3 is 5.97 Å². The van der Waals surface area contributed by atoms with E-state index in [1.54, 1.807) is 6.20 Å². The van der Waals surface area contributed by atoms with Crippen LogP contribution in [0.1, 0.15) is 19.3 Å². The molecule has 15 heavy (non-hydrogen) atoms. The number of hydrogen-bond acceptors (Lipinski definition) is 5. The van der Waals surface area contributed by atoms with Crippen molar-refractivity contribution in [2.75, 3.05) is 18.6 Å². The minimum atomic E-state index is -0.214. The molecule has 0 saturated carbocycles. The number of piperidine rings is 1. The van der Waals surface area contributed by atoms with Crippen LogP contribution in [0.15, 0.2) is 6.20 Å². The van der Waals surface area contributed by atoms with Crippen molar-refractivity contribution >= 4 is 11.8 Å². The van der Waals surface area contributed by atoms with Gasteiger partial charge < -0.3 is 9.64 Å². The molecule has 82 valence electrons. The van der Waals surface area contributed by atoms with E-state index in [2.05, 4.69) is 15.4 Å². The van der Waals surface area contributed by atoms with Crippen molar-refractivity contribution in [2.24, 2.45) is 0 Å². The van der Waals surface area contributed by atoms with E-state index in [0.29, 0.717) is 5.82 Å². The van der Waals surface area contributed by atoms with E-state index in [1.807, 2.05) is 4.90 Å². The van der Waals surface area contributed by atoms with Crippen molar-refractivity contribution in [2.45, 2.75) is 25.3 Å². The maximum atomic E-state index is 11.6. The molecular formula is C9H14N4O2. The van der Waals surface area contributed by atoms with Crippen LogP contribution >= 0.6 is 0 Å². The van der Waals surface area contributed by atoms with Gasteiger partial charge in [-0.3, -0.25) is 0 Å². The largest absolute Gasteiger partial charge is 0.467 e. The quantitative estimate of drug-likeness (QED) is 0.712. The van der Waals surface area contributed by atoms with Crippen LogP contribution in [-0.2, 0) is 9.53 Å². The molecule has 1 N–H and O–H groups in total. The molecule has 0 aromatic carbocycles. The highest BCUT2D eigenvalue weighted by Crippen LogP contribution is 2.22. The molecule has 1 fully saturated rings. The van der Waals surface area contributed by atoms with Gasteiger partial charge in [-0.1, -0.05) is 0 Å². The van der Waals surface area contributed by atoms with E-state index >= 15 is 0 Å². The van der Waals surface area contributed by atoms with Crippen LogP contribution in [0.25, 0.3) is 0 Å². The van der Waals surface area contributed by atoms with Crippen LogP contribution < -0.4 is 4.90 Å². The normalized spacial score (nSPS) is 21.4. The Hall–Kier alpha value is -1.59. The van der Waals surface area contributed by atoms with Gasteiger partial charge in [0.15, 0.2) is 5.82 Å². The van der Waals surface area contributed by atoms with E-state index in [4.69, 9.17) is 4.74 Å². The number of hydrogen-bond donors (Lipinski definition) is 1. The Bertz CT molecular complexity index is 325. The second-order valence-corrected chi connectivity index (χ2v) is 3.56. The number of aromatic amines is 1. The number of methoxy groups -OCH3 is 1. The number of carbonyl (C=O) groups excluding carboxylic acids is 1. The predicted molar refractivity (Wildman–Crippen MR) is 53.4 cm³/mol. The third-order valence-corrected chi connectivity index (χ3v) is 2.67. The molecule has 1 aromatic heterocycles. The minimum Gasteiger partial charge on any atom is -0.467 e. The maximum absolute atomic E-state index is 11.6. The van der Waals surface area contributed by atoms with Gasteiger partial charge in [0.25, 0.3) is 0 Å². The molecule has 1 saturated heterocycles. The average Bonchev–Trinajstić information content (AvgIpc) is 2.81. The lowest BCUT2D eigenvalue weighted by molar-refractivity contribution is -0.142. The van der Waals surface area contributed by atoms with Gasteiger partial charge in [0, 0.05) is 6.54 Å². The minimum absolute atomic E-state index is 0.197. The first-order valence-electron chi connectivity index (χ1n) is 5.03. The number of ether oxygens (including phenoxy) is 1. The molecule has 1 aliphatic heterocycles. The number of rotatable bonds is 2. The smallest absolute Gasteiger partial charge is 0.328 e. The van der Waals surface area contributed by atoms with Gasteiger partial charge in [0.2, 0.25) is 0 Å². The van der Waals surface area contributed by atoms with Gasteiger partial charge in [0.1, 0.15) is 6.04 Å². The molecule has 0 aliphatic carbocycles. The van der Waals surface area contributed by atoms with E-state index < -0.39 is 0 Å². The highest BCUT2D eigenvalue weighted by Gasteiger charge is 2.30. The summed E-state index contributed by atoms with van der Waals surface area (Å²) in [5.74, 6) is 0.516. The Balaban J connectivity index is 2.16. The molecule has 0 radical (unpaired) electrons. The summed E-state index contributed by atoms with van der Waals surface area (Å²) in [6.45, 7) is 0.826. The zero-order valence-corrected chi connectivity index (χ0v) is 8.64. The Labute approximate surface area is 87.6 Å². The molecule has 0 spiro atoms. The lowest BCUT2D eigenvalue weighted by atomic mass is 10.0. The van der Waals surface area contributed by atoms with Gasteiger partial charge in [0.05, 0.1) is 13.3 Å². The molecule has 1 atom stereocenters. The second-order valence-electron chi connectivity index (χ2n) is 3.56. The monoisotopic (exact) mass is 210 g/mol. The third-order valence-electron chi connectivity index (χ3n) is 2.67. The summed E-state index contributed by atoms with van der Waals surface area (Å²) in [5, 5.41) is 10.3. The fraction of sp³-hybridized carbons (Fsp3) is 0.667. The zero-order chi connectivity index (χ0) is 10.7. The van der Waals surface area contributed by atoms with Crippen LogP contribution in [0.4, 0.5) is 5.82 Å². The predicted octanol–water partition coefficient (Wildman–Crippen LogP) is 0.337. The number of nitrogens with one attached hydrogen (secondary N) is 1. The Morgan fingerprint density at radius 3 is 3.20 bits per heavy atom. The molecular weight excluding hydrogens is 196 g/mol. The number of aromatic nitrogens is 3. The molecule has 6 heteroatoms. The van der Waals surface area contributed by atoms with Crippen molar-refractivity contribution in [1.29, 1.82) is 0 Å². The van der Waals surface area contributed by atoms with Crippen LogP contribution in [0.5, 0.6) is 0 Å². The number of anilines is 1. The number of nitrogens with zero attached hydrogens (tertiary/aromatic N) is 3. The van der Waals surface area contributed by atoms with E-state index in [0.717, 1.165) is 25.8 Å². The summed E-state index contributed by atoms with van der Waals surface area (Å²) in [4.78, 5) is 13.5. The van der Waals surface area contributed by atoms with Crippen LogP contribution in [-0.4, -0.2) is 41.1 Å². The lowest BCUT2D eigenvalue weighted by Gasteiger charge is -2.33. The SMILES string of the molecule is COC(=O)C1CCCCN1c1cn[nH]n1. The molecule has 2 heterocycles. The molecule has 6 nitrogen and oxygen atoms in total. The fourth-order valence-electron chi connectivity index (χ4n) is 1.92. The van der Waals surface area contributed by atoms with E-state index in [9.17, 15) is 4.79 Å². The highest BCUT2D eigenvalue weighted by molar-refractivity contribution is 5.79. The highest BCUT2D eigenvalue weighted by atomic mass is 16.5. The van der Waals surface area contributed by atoms with Gasteiger partial charge in [-0.25, -0.2) is 4.79 Å². The standard InChI is InChI=1S/C9H14N4O2/c1-15-9(14)7-4-2-3-5-13(7)8-6-10-12-11-8/h6-7H,2-5H2,1H3,(H,10,11,12). The van der Waals surface area contributed by atoms with Crippen LogP contribution in [0.3, 0.4) is 0 Å². The first kappa shape index (κ1) is 9.95. The topological polar surface area (TPSA) is 71.1 Å². The van der Waals surface area contributed by atoms with Crippen LogP contribution in [0.2, 0.25) is 0 Å². The summed E-state index contributed by atoms with van der Waals surface area (Å²) in [5.41, 5.74) is 0. The maximum Gasteiger partial charge on any atom is 0.328 e. The molecule has 2 rings (SSSR count). The molecule has 0 amide bonds. The zero-order valence-electron chi connectivity index (χ0n) is 8.64.